The van der Waals surface area contributed by atoms with Crippen LogP contribution >= 0.6 is 11.8 Å². The minimum Gasteiger partial charge on any atom is -0.454 e. The summed E-state index contributed by atoms with van der Waals surface area (Å²) < 4.78 is 66.3. The van der Waals surface area contributed by atoms with Crippen molar-refractivity contribution < 1.29 is 21.9 Å². The maximum absolute atomic E-state index is 16.0. The highest BCUT2D eigenvalue weighted by molar-refractivity contribution is 8.13. The van der Waals surface area contributed by atoms with Crippen LogP contribution in [0.25, 0.3) is 10.9 Å². The summed E-state index contributed by atoms with van der Waals surface area (Å²) in [5, 5.41) is 13.0. The molecule has 0 atom stereocenters. The maximum atomic E-state index is 16.0. The fraction of sp³-hybridized carbons (Fsp3) is 0.188. The third kappa shape index (κ3) is 5.87. The molecule has 0 aliphatic rings. The summed E-state index contributed by atoms with van der Waals surface area (Å²) in [5.41, 5.74) is 1.21. The predicted octanol–water partition coefficient (Wildman–Crippen LogP) is 7.74. The van der Waals surface area contributed by atoms with Gasteiger partial charge in [0.1, 0.15) is 11.6 Å². The van der Waals surface area contributed by atoms with Crippen LogP contribution in [-0.2, 0) is 22.0 Å². The van der Waals surface area contributed by atoms with Crippen molar-refractivity contribution in [3.63, 3.8) is 0 Å². The quantitative estimate of drug-likeness (QED) is 0.0980. The van der Waals surface area contributed by atoms with Gasteiger partial charge in [0.15, 0.2) is 11.6 Å². The molecule has 222 valence electrons. The number of hydrogen-bond donors (Lipinski definition) is 1. The summed E-state index contributed by atoms with van der Waals surface area (Å²) in [6.07, 6.45) is 9.20. The number of benzene rings is 3. The molecule has 0 aliphatic heterocycles. The van der Waals surface area contributed by atoms with Crippen molar-refractivity contribution in [2.75, 3.05) is 6.26 Å². The van der Waals surface area contributed by atoms with Crippen LogP contribution in [0.3, 0.4) is 0 Å². The third-order valence-electron chi connectivity index (χ3n) is 7.27. The molecule has 43 heavy (non-hydrogen) atoms. The zero-order valence-corrected chi connectivity index (χ0v) is 25.5. The second kappa shape index (κ2) is 11.8. The Kier molecular flexibility index (Phi) is 8.31. The van der Waals surface area contributed by atoms with E-state index in [0.717, 1.165) is 39.9 Å². The molecule has 0 radical (unpaired) electrons. The van der Waals surface area contributed by atoms with E-state index in [4.69, 9.17) is 10.1 Å². The standard InChI is InChI=1S/C32H30F2N4O3S2/c1-5-14-32(2,3)21-18-36-37(19-21)20-26-24-13-15-38(43(39,40)23-9-7-6-8-10-23)29(24)17-28(34)30(26)41-22-11-12-27(33)25(16-22)31(35)42-4/h5-13,15-19,35H,1,14,20H2,2-4H3. The van der Waals surface area contributed by atoms with Crippen molar-refractivity contribution in [3.05, 3.63) is 120 Å². The number of fused-ring (bicyclic) bond motifs is 1. The van der Waals surface area contributed by atoms with Crippen LogP contribution in [0.1, 0.15) is 37.0 Å². The van der Waals surface area contributed by atoms with Crippen LogP contribution in [-0.4, -0.2) is 33.5 Å². The summed E-state index contributed by atoms with van der Waals surface area (Å²) in [5.74, 6) is -1.44. The van der Waals surface area contributed by atoms with Crippen LogP contribution in [0.5, 0.6) is 11.5 Å². The molecule has 0 saturated heterocycles. The molecule has 0 amide bonds. The zero-order chi connectivity index (χ0) is 30.9. The van der Waals surface area contributed by atoms with Gasteiger partial charge >= 0.3 is 0 Å². The second-order valence-electron chi connectivity index (χ2n) is 10.6. The summed E-state index contributed by atoms with van der Waals surface area (Å²) in [6.45, 7) is 8.03. The van der Waals surface area contributed by atoms with E-state index >= 15 is 4.39 Å². The van der Waals surface area contributed by atoms with Gasteiger partial charge in [0, 0.05) is 35.0 Å². The summed E-state index contributed by atoms with van der Waals surface area (Å²) >= 11 is 1.06. The van der Waals surface area contributed by atoms with Crippen molar-refractivity contribution in [3.8, 4) is 11.5 Å². The minimum absolute atomic E-state index is 0.00602. The Morgan fingerprint density at radius 2 is 1.86 bits per heavy atom. The number of hydrogen-bond acceptors (Lipinski definition) is 6. The zero-order valence-electron chi connectivity index (χ0n) is 23.8. The van der Waals surface area contributed by atoms with Gasteiger partial charge in [0.05, 0.1) is 28.2 Å². The van der Waals surface area contributed by atoms with Gasteiger partial charge in [0.25, 0.3) is 10.0 Å². The lowest BCUT2D eigenvalue weighted by molar-refractivity contribution is 0.433. The number of nitrogens with zero attached hydrogens (tertiary/aromatic N) is 3. The molecule has 0 aliphatic carbocycles. The van der Waals surface area contributed by atoms with Gasteiger partial charge in [-0.15, -0.1) is 18.3 Å². The smallest absolute Gasteiger partial charge is 0.268 e. The van der Waals surface area contributed by atoms with Crippen LogP contribution in [0.15, 0.2) is 96.8 Å². The van der Waals surface area contributed by atoms with Gasteiger partial charge in [-0.25, -0.2) is 21.2 Å². The molecule has 2 heterocycles. The minimum atomic E-state index is -4.03. The fourth-order valence-electron chi connectivity index (χ4n) is 4.87. The Morgan fingerprint density at radius 3 is 2.56 bits per heavy atom. The largest absolute Gasteiger partial charge is 0.454 e. The predicted molar refractivity (Wildman–Crippen MR) is 167 cm³/mol. The van der Waals surface area contributed by atoms with Crippen LogP contribution in [0.2, 0.25) is 0 Å². The average molecular weight is 621 g/mol. The summed E-state index contributed by atoms with van der Waals surface area (Å²) in [6, 6.07) is 14.5. The first kappa shape index (κ1) is 30.2. The first-order valence-electron chi connectivity index (χ1n) is 13.3. The SMILES string of the molecule is C=CCC(C)(C)c1cnn(Cc2c(Oc3ccc(F)c(C(=N)SC)c3)c(F)cc3c2ccn3S(=O)(=O)c2ccccc2)c1. The van der Waals surface area contributed by atoms with Gasteiger partial charge in [-0.05, 0) is 60.1 Å². The lowest BCUT2D eigenvalue weighted by atomic mass is 9.84. The highest BCUT2D eigenvalue weighted by Crippen LogP contribution is 2.38. The monoisotopic (exact) mass is 620 g/mol. The molecule has 2 aromatic heterocycles. The topological polar surface area (TPSA) is 90.0 Å². The molecule has 0 saturated carbocycles. The number of allylic oxidation sites excluding steroid dienone is 1. The molecule has 3 aromatic carbocycles. The Bertz CT molecular complexity index is 1950. The van der Waals surface area contributed by atoms with Crippen molar-refractivity contribution in [2.24, 2.45) is 0 Å². The Hall–Kier alpha value is -4.22. The molecule has 0 unspecified atom stereocenters. The van der Waals surface area contributed by atoms with E-state index in [1.807, 2.05) is 12.3 Å². The number of aromatic nitrogens is 3. The first-order valence-corrected chi connectivity index (χ1v) is 16.0. The van der Waals surface area contributed by atoms with E-state index < -0.39 is 21.7 Å². The second-order valence-corrected chi connectivity index (χ2v) is 13.2. The Balaban J connectivity index is 1.67. The lowest BCUT2D eigenvalue weighted by Gasteiger charge is -2.20. The van der Waals surface area contributed by atoms with Crippen LogP contribution in [0, 0.1) is 17.0 Å². The lowest BCUT2D eigenvalue weighted by Crippen LogP contribution is -2.15. The average Bonchev–Trinajstić information content (AvgIpc) is 3.64. The Morgan fingerprint density at radius 1 is 1.12 bits per heavy atom. The third-order valence-corrected chi connectivity index (χ3v) is 9.60. The van der Waals surface area contributed by atoms with Crippen molar-refractivity contribution >= 4 is 37.7 Å². The molecule has 5 aromatic rings. The Labute approximate surface area is 253 Å². The normalized spacial score (nSPS) is 12.0. The van der Waals surface area contributed by atoms with Crippen molar-refractivity contribution in [2.45, 2.75) is 37.1 Å². The van der Waals surface area contributed by atoms with Gasteiger partial charge in [-0.1, -0.05) is 38.1 Å². The number of thioether (sulfide) groups is 1. The maximum Gasteiger partial charge on any atom is 0.268 e. The van der Waals surface area contributed by atoms with Crippen molar-refractivity contribution in [1.82, 2.24) is 13.8 Å². The molecular weight excluding hydrogens is 591 g/mol. The van der Waals surface area contributed by atoms with Gasteiger partial charge in [0.2, 0.25) is 0 Å². The molecule has 0 spiro atoms. The molecule has 11 heteroatoms. The van der Waals surface area contributed by atoms with E-state index in [1.165, 1.54) is 30.5 Å². The van der Waals surface area contributed by atoms with Gasteiger partial charge in [-0.2, -0.15) is 5.10 Å². The fourth-order valence-corrected chi connectivity index (χ4v) is 6.60. The summed E-state index contributed by atoms with van der Waals surface area (Å²) in [4.78, 5) is 0.0611. The van der Waals surface area contributed by atoms with E-state index in [9.17, 15) is 12.8 Å². The van der Waals surface area contributed by atoms with Crippen LogP contribution < -0.4 is 4.74 Å². The molecule has 0 bridgehead atoms. The summed E-state index contributed by atoms with van der Waals surface area (Å²) in [7, 11) is -4.03. The molecule has 0 fully saturated rings. The van der Waals surface area contributed by atoms with Gasteiger partial charge in [-0.3, -0.25) is 10.1 Å². The number of halogens is 2. The number of nitrogens with one attached hydrogen (secondary N) is 1. The van der Waals surface area contributed by atoms with Gasteiger partial charge < -0.3 is 4.74 Å². The highest BCUT2D eigenvalue weighted by Gasteiger charge is 2.26. The molecule has 5 rings (SSSR count). The molecule has 1 N–H and O–H groups in total. The van der Waals surface area contributed by atoms with E-state index in [2.05, 4.69) is 25.5 Å². The van der Waals surface area contributed by atoms with E-state index in [1.54, 1.807) is 41.4 Å². The van der Waals surface area contributed by atoms with E-state index in [0.29, 0.717) is 10.9 Å². The van der Waals surface area contributed by atoms with Crippen LogP contribution in [0.4, 0.5) is 8.78 Å². The number of ether oxygens (including phenoxy) is 1. The number of rotatable bonds is 10. The molecule has 7 nitrogen and oxygen atoms in total. The van der Waals surface area contributed by atoms with Crippen molar-refractivity contribution in [1.29, 1.82) is 5.41 Å². The highest BCUT2D eigenvalue weighted by atomic mass is 32.2. The molecular formula is C32H30F2N4O3S2. The van der Waals surface area contributed by atoms with E-state index in [-0.39, 0.29) is 44.5 Å². The first-order chi connectivity index (χ1) is 20.5.